The van der Waals surface area contributed by atoms with E-state index in [1.807, 2.05) is 0 Å². The van der Waals surface area contributed by atoms with Crippen molar-refractivity contribution in [1.82, 2.24) is 9.88 Å². The van der Waals surface area contributed by atoms with Crippen molar-refractivity contribution in [3.05, 3.63) is 41.3 Å². The lowest BCUT2D eigenvalue weighted by atomic mass is 9.94. The Balaban J connectivity index is 1.73. The van der Waals surface area contributed by atoms with Crippen LogP contribution < -0.4 is 0 Å². The van der Waals surface area contributed by atoms with Gasteiger partial charge in [-0.25, -0.2) is 9.18 Å². The van der Waals surface area contributed by atoms with Crippen LogP contribution in [0, 0.1) is 24.6 Å². The maximum Gasteiger partial charge on any atom is 0.326 e. The fraction of sp³-hybridized carbons (Fsp3) is 0.421. The molecule has 4 rings (SSSR count). The molecular formula is C19H19FN2O3. The minimum absolute atomic E-state index is 0.0456. The van der Waals surface area contributed by atoms with E-state index in [2.05, 4.69) is 4.98 Å². The van der Waals surface area contributed by atoms with E-state index in [4.69, 9.17) is 0 Å². The first kappa shape index (κ1) is 16.0. The Hall–Kier alpha value is -2.50. The van der Waals surface area contributed by atoms with Crippen LogP contribution >= 0.6 is 0 Å². The SMILES string of the molecule is Cc1nc2cc(F)ccc2cc1C(=O)N1CC2CCCC2C1C(=O)O. The van der Waals surface area contributed by atoms with Crippen molar-refractivity contribution in [2.45, 2.75) is 32.2 Å². The van der Waals surface area contributed by atoms with Crippen LogP contribution in [0.3, 0.4) is 0 Å². The zero-order valence-electron chi connectivity index (χ0n) is 13.9. The first-order valence-corrected chi connectivity index (χ1v) is 8.56. The number of carboxylic acids is 1. The average molecular weight is 342 g/mol. The second-order valence-electron chi connectivity index (χ2n) is 7.05. The van der Waals surface area contributed by atoms with Gasteiger partial charge in [0, 0.05) is 18.0 Å². The van der Waals surface area contributed by atoms with Crippen LogP contribution in [0.15, 0.2) is 24.3 Å². The van der Waals surface area contributed by atoms with Crippen LogP contribution in [-0.4, -0.2) is 39.5 Å². The van der Waals surface area contributed by atoms with Gasteiger partial charge >= 0.3 is 5.97 Å². The molecule has 1 N–H and O–H groups in total. The van der Waals surface area contributed by atoms with Crippen molar-refractivity contribution in [2.75, 3.05) is 6.54 Å². The molecule has 3 unspecified atom stereocenters. The summed E-state index contributed by atoms with van der Waals surface area (Å²) in [5.74, 6) is -1.29. The lowest BCUT2D eigenvalue weighted by Gasteiger charge is -2.25. The molecule has 2 aliphatic rings. The minimum Gasteiger partial charge on any atom is -0.480 e. The van der Waals surface area contributed by atoms with Crippen LogP contribution in [-0.2, 0) is 4.79 Å². The Morgan fingerprint density at radius 1 is 1.28 bits per heavy atom. The molecule has 2 heterocycles. The molecule has 1 aliphatic heterocycles. The molecule has 1 saturated heterocycles. The van der Waals surface area contributed by atoms with Gasteiger partial charge in [-0.05, 0) is 49.8 Å². The fourth-order valence-corrected chi connectivity index (χ4v) is 4.44. The second-order valence-corrected chi connectivity index (χ2v) is 7.05. The van der Waals surface area contributed by atoms with E-state index < -0.39 is 12.0 Å². The van der Waals surface area contributed by atoms with E-state index >= 15 is 0 Å². The largest absolute Gasteiger partial charge is 0.480 e. The summed E-state index contributed by atoms with van der Waals surface area (Å²) in [4.78, 5) is 30.7. The van der Waals surface area contributed by atoms with Gasteiger partial charge in [0.05, 0.1) is 16.8 Å². The van der Waals surface area contributed by atoms with Crippen molar-refractivity contribution in [3.63, 3.8) is 0 Å². The van der Waals surface area contributed by atoms with Crippen molar-refractivity contribution >= 4 is 22.8 Å². The molecule has 0 radical (unpaired) electrons. The lowest BCUT2D eigenvalue weighted by Crippen LogP contribution is -2.43. The molecule has 1 amide bonds. The first-order chi connectivity index (χ1) is 12.0. The molecule has 1 aromatic carbocycles. The van der Waals surface area contributed by atoms with E-state index in [0.29, 0.717) is 28.7 Å². The number of likely N-dealkylation sites (tertiary alicyclic amines) is 1. The van der Waals surface area contributed by atoms with Crippen LogP contribution in [0.25, 0.3) is 10.9 Å². The van der Waals surface area contributed by atoms with Crippen molar-refractivity contribution < 1.29 is 19.1 Å². The molecule has 1 aromatic heterocycles. The molecular weight excluding hydrogens is 323 g/mol. The number of carboxylic acid groups (broad SMARTS) is 1. The molecule has 130 valence electrons. The number of hydrogen-bond donors (Lipinski definition) is 1. The molecule has 1 saturated carbocycles. The summed E-state index contributed by atoms with van der Waals surface area (Å²) in [5.41, 5.74) is 1.37. The molecule has 0 spiro atoms. The third-order valence-corrected chi connectivity index (χ3v) is 5.60. The summed E-state index contributed by atoms with van der Waals surface area (Å²) in [6.45, 7) is 2.19. The van der Waals surface area contributed by atoms with Crippen LogP contribution in [0.5, 0.6) is 0 Å². The number of carbonyl (C=O) groups is 2. The lowest BCUT2D eigenvalue weighted by molar-refractivity contribution is -0.142. The number of nitrogens with zero attached hydrogens (tertiary/aromatic N) is 2. The highest BCUT2D eigenvalue weighted by molar-refractivity contribution is 6.00. The molecule has 6 heteroatoms. The number of rotatable bonds is 2. The fourth-order valence-electron chi connectivity index (χ4n) is 4.44. The molecule has 1 aliphatic carbocycles. The standard InChI is InChI=1S/C19H19FN2O3/c1-10-15(7-11-5-6-13(20)8-16(11)21-10)18(23)22-9-12-3-2-4-14(12)17(22)19(24)25/h5-8,12,14,17H,2-4,9H2,1H3,(H,24,25). The van der Waals surface area contributed by atoms with Crippen molar-refractivity contribution in [2.24, 2.45) is 11.8 Å². The number of fused-ring (bicyclic) bond motifs is 2. The second kappa shape index (κ2) is 5.79. The number of halogens is 1. The van der Waals surface area contributed by atoms with E-state index in [1.165, 1.54) is 17.0 Å². The van der Waals surface area contributed by atoms with Crippen LogP contribution in [0.4, 0.5) is 4.39 Å². The number of pyridine rings is 1. The summed E-state index contributed by atoms with van der Waals surface area (Å²) < 4.78 is 13.4. The van der Waals surface area contributed by atoms with Gasteiger partial charge in [-0.1, -0.05) is 6.42 Å². The highest BCUT2D eigenvalue weighted by Gasteiger charge is 2.49. The van der Waals surface area contributed by atoms with E-state index in [1.54, 1.807) is 19.1 Å². The summed E-state index contributed by atoms with van der Waals surface area (Å²) in [6.07, 6.45) is 2.87. The molecule has 25 heavy (non-hydrogen) atoms. The number of amides is 1. The monoisotopic (exact) mass is 342 g/mol. The third kappa shape index (κ3) is 2.56. The average Bonchev–Trinajstić information content (AvgIpc) is 3.13. The molecule has 5 nitrogen and oxygen atoms in total. The Kier molecular flexibility index (Phi) is 3.71. The van der Waals surface area contributed by atoms with Gasteiger partial charge in [-0.3, -0.25) is 9.78 Å². The number of aliphatic carboxylic acids is 1. The minimum atomic E-state index is -0.934. The van der Waals surface area contributed by atoms with Crippen LogP contribution in [0.2, 0.25) is 0 Å². The number of carbonyl (C=O) groups excluding carboxylic acids is 1. The van der Waals surface area contributed by atoms with Gasteiger partial charge in [0.1, 0.15) is 11.9 Å². The zero-order valence-corrected chi connectivity index (χ0v) is 13.9. The molecule has 3 atom stereocenters. The van der Waals surface area contributed by atoms with E-state index in [9.17, 15) is 19.1 Å². The first-order valence-electron chi connectivity index (χ1n) is 8.56. The van der Waals surface area contributed by atoms with Gasteiger partial charge in [0.15, 0.2) is 0 Å². The Labute approximate surface area is 144 Å². The normalized spacial score (nSPS) is 25.4. The summed E-state index contributed by atoms with van der Waals surface area (Å²) in [5, 5.41) is 10.3. The Bertz CT molecular complexity index is 882. The Morgan fingerprint density at radius 2 is 2.08 bits per heavy atom. The van der Waals surface area contributed by atoms with Crippen molar-refractivity contribution in [3.8, 4) is 0 Å². The summed E-state index contributed by atoms with van der Waals surface area (Å²) >= 11 is 0. The zero-order chi connectivity index (χ0) is 17.7. The number of hydrogen-bond acceptors (Lipinski definition) is 3. The Morgan fingerprint density at radius 3 is 2.84 bits per heavy atom. The predicted molar refractivity (Wildman–Crippen MR) is 89.7 cm³/mol. The van der Waals surface area contributed by atoms with E-state index in [0.717, 1.165) is 19.3 Å². The van der Waals surface area contributed by atoms with Crippen molar-refractivity contribution in [1.29, 1.82) is 0 Å². The number of aromatic nitrogens is 1. The highest BCUT2D eigenvalue weighted by atomic mass is 19.1. The molecule has 2 aromatic rings. The summed E-state index contributed by atoms with van der Waals surface area (Å²) in [7, 11) is 0. The van der Waals surface area contributed by atoms with Gasteiger partial charge in [0.25, 0.3) is 5.91 Å². The number of benzene rings is 1. The summed E-state index contributed by atoms with van der Waals surface area (Å²) in [6, 6.07) is 5.17. The number of aryl methyl sites for hydroxylation is 1. The van der Waals surface area contributed by atoms with Crippen LogP contribution in [0.1, 0.15) is 35.3 Å². The van der Waals surface area contributed by atoms with Gasteiger partial charge in [-0.2, -0.15) is 0 Å². The third-order valence-electron chi connectivity index (χ3n) is 5.60. The predicted octanol–water partition coefficient (Wildman–Crippen LogP) is 3.01. The van der Waals surface area contributed by atoms with E-state index in [-0.39, 0.29) is 23.6 Å². The smallest absolute Gasteiger partial charge is 0.326 e. The maximum absolute atomic E-state index is 13.4. The topological polar surface area (TPSA) is 70.5 Å². The van der Waals surface area contributed by atoms with Gasteiger partial charge in [-0.15, -0.1) is 0 Å². The molecule has 2 fully saturated rings. The maximum atomic E-state index is 13.4. The highest BCUT2D eigenvalue weighted by Crippen LogP contribution is 2.42. The van der Waals surface area contributed by atoms with Gasteiger partial charge in [0.2, 0.25) is 0 Å². The quantitative estimate of drug-likeness (QED) is 0.911. The molecule has 0 bridgehead atoms. The van der Waals surface area contributed by atoms with Gasteiger partial charge < -0.3 is 10.0 Å².